The van der Waals surface area contributed by atoms with Crippen molar-refractivity contribution >= 4 is 34.6 Å². The average molecular weight is 498 g/mol. The van der Waals surface area contributed by atoms with Crippen LogP contribution in [0.4, 0.5) is 22.2 Å². The van der Waals surface area contributed by atoms with Gasteiger partial charge in [-0.05, 0) is 25.0 Å². The number of benzene rings is 1. The van der Waals surface area contributed by atoms with Gasteiger partial charge in [0.2, 0.25) is 0 Å². The lowest BCUT2D eigenvalue weighted by molar-refractivity contribution is -0.0511. The molecule has 2 aliphatic rings. The second kappa shape index (κ2) is 10.5. The molecule has 0 unspecified atom stereocenters. The van der Waals surface area contributed by atoms with Gasteiger partial charge in [0.15, 0.2) is 23.2 Å². The summed E-state index contributed by atoms with van der Waals surface area (Å²) in [7, 11) is 0. The number of carbonyl (C=O) groups excluding carboxylic acids is 1. The van der Waals surface area contributed by atoms with Crippen LogP contribution in [0.3, 0.4) is 0 Å². The summed E-state index contributed by atoms with van der Waals surface area (Å²) in [4.78, 5) is 25.3. The monoisotopic (exact) mass is 497 g/mol. The standard InChI is InChI=1S/C22H27N9O5/c32-10-14-16(33)17(34)20(36-14)31-11-23-15-18(24-12-8-4-5-9-12)26-21(27-19(15)31)28-30-29-22(35)25-13-6-2-1-3-7-13/h1-3,6-7,11-12,14,16-17,20,32-34H,4-5,8-10H2,(H3,24,25,26,27,28,29,35)/t14-,16-,17-,20-/m1/s1. The largest absolute Gasteiger partial charge is 0.394 e. The highest BCUT2D eigenvalue weighted by atomic mass is 16.6. The molecule has 1 saturated heterocycles. The zero-order valence-electron chi connectivity index (χ0n) is 19.2. The summed E-state index contributed by atoms with van der Waals surface area (Å²) in [6.07, 6.45) is 1.04. The quantitative estimate of drug-likeness (QED) is 0.208. The van der Waals surface area contributed by atoms with Crippen molar-refractivity contribution in [2.45, 2.75) is 56.3 Å². The van der Waals surface area contributed by atoms with E-state index in [9.17, 15) is 20.1 Å². The number of aliphatic hydroxyl groups is 3. The van der Waals surface area contributed by atoms with Crippen molar-refractivity contribution in [1.29, 1.82) is 0 Å². The Morgan fingerprint density at radius 1 is 1.14 bits per heavy atom. The Balaban J connectivity index is 1.41. The van der Waals surface area contributed by atoms with Gasteiger partial charge in [-0.3, -0.25) is 4.57 Å². The molecule has 14 heteroatoms. The number of ether oxygens (including phenoxy) is 1. The summed E-state index contributed by atoms with van der Waals surface area (Å²) in [6.45, 7) is -0.457. The second-order valence-corrected chi connectivity index (χ2v) is 8.68. The molecule has 3 aromatic rings. The molecule has 2 amide bonds. The third-order valence-electron chi connectivity index (χ3n) is 6.22. The minimum atomic E-state index is -1.31. The van der Waals surface area contributed by atoms with E-state index in [4.69, 9.17) is 4.74 Å². The molecule has 5 rings (SSSR count). The lowest BCUT2D eigenvalue weighted by Gasteiger charge is -2.17. The van der Waals surface area contributed by atoms with Crippen molar-refractivity contribution in [3.63, 3.8) is 0 Å². The van der Waals surface area contributed by atoms with Gasteiger partial charge in [0.1, 0.15) is 18.3 Å². The van der Waals surface area contributed by atoms with E-state index in [1.165, 1.54) is 10.9 Å². The van der Waals surface area contributed by atoms with Crippen LogP contribution in [0.1, 0.15) is 31.9 Å². The molecule has 2 fully saturated rings. The van der Waals surface area contributed by atoms with Gasteiger partial charge in [0.25, 0.3) is 5.95 Å². The second-order valence-electron chi connectivity index (χ2n) is 8.68. The zero-order chi connectivity index (χ0) is 25.1. The molecule has 190 valence electrons. The lowest BCUT2D eigenvalue weighted by Crippen LogP contribution is -2.33. The number of nitrogens with zero attached hydrogens (tertiary/aromatic N) is 6. The number of fused-ring (bicyclic) bond motifs is 1. The molecule has 0 spiro atoms. The maximum Gasteiger partial charge on any atom is 0.341 e. The number of aliphatic hydroxyl groups excluding tert-OH is 3. The van der Waals surface area contributed by atoms with E-state index in [1.807, 2.05) is 6.07 Å². The molecule has 6 N–H and O–H groups in total. The maximum absolute atomic E-state index is 12.1. The Morgan fingerprint density at radius 2 is 1.92 bits per heavy atom. The molecule has 36 heavy (non-hydrogen) atoms. The topological polar surface area (TPSA) is 191 Å². The van der Waals surface area contributed by atoms with Crippen LogP contribution >= 0.6 is 0 Å². The van der Waals surface area contributed by atoms with Crippen LogP contribution < -0.4 is 16.1 Å². The van der Waals surface area contributed by atoms with E-state index in [0.29, 0.717) is 17.0 Å². The number of para-hydroxylation sites is 1. The number of nitrogens with one attached hydrogen (secondary N) is 3. The molecular weight excluding hydrogens is 470 g/mol. The summed E-state index contributed by atoms with van der Waals surface area (Å²) < 4.78 is 7.10. The van der Waals surface area contributed by atoms with E-state index < -0.39 is 37.2 Å². The summed E-state index contributed by atoms with van der Waals surface area (Å²) in [5, 5.41) is 43.8. The SMILES string of the molecule is O=C(N/N=N/c1nc(NC2CCCC2)c2ncn([C@@H]3O[C@H](CO)[C@@H](O)[C@H]3O)c2n1)Nc1ccccc1. The van der Waals surface area contributed by atoms with E-state index in [0.717, 1.165) is 25.7 Å². The number of rotatable bonds is 7. The third-order valence-corrected chi connectivity index (χ3v) is 6.22. The fourth-order valence-corrected chi connectivity index (χ4v) is 4.41. The molecule has 1 aliphatic carbocycles. The third kappa shape index (κ3) is 4.97. The first-order valence-electron chi connectivity index (χ1n) is 11.7. The van der Waals surface area contributed by atoms with Gasteiger partial charge >= 0.3 is 6.03 Å². The maximum atomic E-state index is 12.1. The van der Waals surface area contributed by atoms with Crippen LogP contribution in [-0.2, 0) is 4.74 Å². The van der Waals surface area contributed by atoms with Crippen LogP contribution in [0, 0.1) is 0 Å². The highest BCUT2D eigenvalue weighted by Crippen LogP contribution is 2.33. The minimum absolute atomic E-state index is 0.0588. The summed E-state index contributed by atoms with van der Waals surface area (Å²) in [5.74, 6) is 0.372. The lowest BCUT2D eigenvalue weighted by atomic mass is 10.1. The molecular formula is C22H27N9O5. The Bertz CT molecular complexity index is 1230. The molecule has 1 aromatic carbocycles. The van der Waals surface area contributed by atoms with Gasteiger partial charge in [-0.1, -0.05) is 41.4 Å². The predicted octanol–water partition coefficient (Wildman–Crippen LogP) is 1.61. The van der Waals surface area contributed by atoms with Gasteiger partial charge < -0.3 is 30.7 Å². The number of urea groups is 1. The minimum Gasteiger partial charge on any atom is -0.394 e. The fraction of sp³-hybridized carbons (Fsp3) is 0.455. The Hall–Kier alpha value is -3.72. The Kier molecular flexibility index (Phi) is 6.99. The van der Waals surface area contributed by atoms with Crippen molar-refractivity contribution in [2.75, 3.05) is 17.2 Å². The van der Waals surface area contributed by atoms with E-state index >= 15 is 0 Å². The van der Waals surface area contributed by atoms with Gasteiger partial charge in [0.05, 0.1) is 12.9 Å². The van der Waals surface area contributed by atoms with Gasteiger partial charge in [-0.25, -0.2) is 15.2 Å². The summed E-state index contributed by atoms with van der Waals surface area (Å²) in [5.41, 5.74) is 3.57. The fourth-order valence-electron chi connectivity index (χ4n) is 4.41. The molecule has 0 bridgehead atoms. The van der Waals surface area contributed by atoms with Crippen molar-refractivity contribution in [2.24, 2.45) is 10.3 Å². The zero-order valence-corrected chi connectivity index (χ0v) is 19.2. The molecule has 1 saturated carbocycles. The van der Waals surface area contributed by atoms with E-state index in [-0.39, 0.29) is 17.6 Å². The van der Waals surface area contributed by atoms with Crippen molar-refractivity contribution in [3.8, 4) is 0 Å². The summed E-state index contributed by atoms with van der Waals surface area (Å²) >= 11 is 0. The van der Waals surface area contributed by atoms with Crippen LogP contribution in [0.15, 0.2) is 47.0 Å². The van der Waals surface area contributed by atoms with E-state index in [1.54, 1.807) is 24.3 Å². The number of aromatic nitrogens is 4. The number of amides is 2. The normalized spacial score (nSPS) is 24.5. The molecule has 2 aromatic heterocycles. The molecule has 4 atom stereocenters. The molecule has 14 nitrogen and oxygen atoms in total. The van der Waals surface area contributed by atoms with Crippen LogP contribution in [-0.4, -0.2) is 71.8 Å². The van der Waals surface area contributed by atoms with Crippen molar-refractivity contribution in [1.82, 2.24) is 24.9 Å². The number of carbonyl (C=O) groups is 1. The highest BCUT2D eigenvalue weighted by molar-refractivity contribution is 5.88. The summed E-state index contributed by atoms with van der Waals surface area (Å²) in [6, 6.07) is 8.48. The van der Waals surface area contributed by atoms with Crippen LogP contribution in [0.5, 0.6) is 0 Å². The first-order valence-corrected chi connectivity index (χ1v) is 11.7. The predicted molar refractivity (Wildman–Crippen MR) is 127 cm³/mol. The van der Waals surface area contributed by atoms with Crippen molar-refractivity contribution in [3.05, 3.63) is 36.7 Å². The van der Waals surface area contributed by atoms with E-state index in [2.05, 4.69) is 41.3 Å². The molecule has 1 aliphatic heterocycles. The Morgan fingerprint density at radius 3 is 2.64 bits per heavy atom. The van der Waals surface area contributed by atoms with Gasteiger partial charge in [0, 0.05) is 11.7 Å². The van der Waals surface area contributed by atoms with Crippen LogP contribution in [0.25, 0.3) is 11.2 Å². The number of imidazole rings is 1. The highest BCUT2D eigenvalue weighted by Gasteiger charge is 2.44. The first-order chi connectivity index (χ1) is 17.5. The number of hydrogen-bond donors (Lipinski definition) is 6. The van der Waals surface area contributed by atoms with Crippen LogP contribution in [0.2, 0.25) is 0 Å². The van der Waals surface area contributed by atoms with Crippen molar-refractivity contribution < 1.29 is 24.9 Å². The molecule has 3 heterocycles. The molecule has 0 radical (unpaired) electrons. The van der Waals surface area contributed by atoms with Gasteiger partial charge in [-0.2, -0.15) is 9.97 Å². The smallest absolute Gasteiger partial charge is 0.341 e. The van der Waals surface area contributed by atoms with Gasteiger partial charge in [-0.15, -0.1) is 0 Å². The first kappa shape index (κ1) is 24.0. The number of hydrogen-bond acceptors (Lipinski definition) is 11. The number of anilines is 2. The average Bonchev–Trinajstić information content (AvgIpc) is 3.60. The Labute approximate surface area is 205 Å².